The molecule has 5 nitrogen and oxygen atoms in total. The molecule has 0 aliphatic heterocycles. The van der Waals surface area contributed by atoms with Gasteiger partial charge in [-0.3, -0.25) is 0 Å². The van der Waals surface area contributed by atoms with Crippen molar-refractivity contribution in [3.8, 4) is 0 Å². The normalized spacial score (nSPS) is 12.0. The molecule has 6 heteroatoms. The number of thiol groups is 1. The first-order valence-corrected chi connectivity index (χ1v) is 3.70. The molecule has 0 aromatic carbocycles. The van der Waals surface area contributed by atoms with Gasteiger partial charge in [0.15, 0.2) is 0 Å². The van der Waals surface area contributed by atoms with E-state index in [1.807, 2.05) is 13.8 Å². The van der Waals surface area contributed by atoms with Gasteiger partial charge in [-0.15, -0.1) is 17.7 Å². The Hall–Kier alpha value is -0.620. The number of hydrogen-bond acceptors (Lipinski definition) is 5. The summed E-state index contributed by atoms with van der Waals surface area (Å²) in [7, 11) is 0. The predicted octanol–water partition coefficient (Wildman–Crippen LogP) is -0.344. The molecular weight excluding hydrogens is 162 g/mol. The maximum Gasteiger partial charge on any atom is 0.206 e. The van der Waals surface area contributed by atoms with Gasteiger partial charge in [-0.05, 0) is 24.3 Å². The number of tetrazole rings is 1. The Kier molecular flexibility index (Phi) is 2.15. The average Bonchev–Trinajstić information content (AvgIpc) is 2.36. The molecule has 0 saturated carbocycles. The van der Waals surface area contributed by atoms with Crippen LogP contribution in [0.4, 0.5) is 0 Å². The Labute approximate surface area is 70.4 Å². The van der Waals surface area contributed by atoms with Crippen LogP contribution in [0.2, 0.25) is 0 Å². The predicted molar refractivity (Wildman–Crippen MR) is 43.4 cm³/mol. The van der Waals surface area contributed by atoms with E-state index in [2.05, 4.69) is 28.2 Å². The van der Waals surface area contributed by atoms with Crippen LogP contribution in [-0.4, -0.2) is 26.8 Å². The highest BCUT2D eigenvalue weighted by Crippen LogP contribution is 2.14. The second kappa shape index (κ2) is 2.78. The van der Waals surface area contributed by atoms with Gasteiger partial charge in [-0.2, -0.15) is 0 Å². The van der Waals surface area contributed by atoms with Crippen molar-refractivity contribution >= 4 is 12.6 Å². The second-order valence-electron chi connectivity index (χ2n) is 2.91. The summed E-state index contributed by atoms with van der Waals surface area (Å²) in [5.74, 6) is 0. The Bertz CT molecular complexity index is 243. The maximum atomic E-state index is 5.52. The van der Waals surface area contributed by atoms with Crippen molar-refractivity contribution in [3.05, 3.63) is 0 Å². The average molecular weight is 173 g/mol. The third kappa shape index (κ3) is 1.51. The highest BCUT2D eigenvalue weighted by molar-refractivity contribution is 7.80. The van der Waals surface area contributed by atoms with Gasteiger partial charge in [0.1, 0.15) is 0 Å². The van der Waals surface area contributed by atoms with Crippen LogP contribution < -0.4 is 5.73 Å². The summed E-state index contributed by atoms with van der Waals surface area (Å²) in [6.45, 7) is 4.37. The fourth-order valence-corrected chi connectivity index (χ4v) is 1.01. The minimum Gasteiger partial charge on any atom is -0.328 e. The SMILES string of the molecule is CC(C)(CN)n1nnnc1S. The fraction of sp³-hybridized carbons (Fsp3) is 0.800. The lowest BCUT2D eigenvalue weighted by Gasteiger charge is -2.22. The number of aromatic nitrogens is 4. The first kappa shape index (κ1) is 8.48. The Morgan fingerprint density at radius 3 is 2.64 bits per heavy atom. The smallest absolute Gasteiger partial charge is 0.206 e. The molecule has 0 radical (unpaired) electrons. The first-order valence-electron chi connectivity index (χ1n) is 3.26. The van der Waals surface area contributed by atoms with Crippen LogP contribution in [0, 0.1) is 0 Å². The summed E-state index contributed by atoms with van der Waals surface area (Å²) >= 11 is 4.07. The van der Waals surface area contributed by atoms with Crippen molar-refractivity contribution in [3.63, 3.8) is 0 Å². The molecule has 0 fully saturated rings. The molecule has 0 bridgehead atoms. The Morgan fingerprint density at radius 2 is 2.27 bits per heavy atom. The number of nitrogens with two attached hydrogens (primary N) is 1. The van der Waals surface area contributed by atoms with E-state index < -0.39 is 0 Å². The Morgan fingerprint density at radius 1 is 1.64 bits per heavy atom. The third-order valence-electron chi connectivity index (χ3n) is 1.53. The summed E-state index contributed by atoms with van der Waals surface area (Å²) < 4.78 is 1.59. The molecule has 1 aromatic heterocycles. The lowest BCUT2D eigenvalue weighted by atomic mass is 10.1. The molecule has 0 amide bonds. The number of nitrogens with zero attached hydrogens (tertiary/aromatic N) is 4. The lowest BCUT2D eigenvalue weighted by Crippen LogP contribution is -2.36. The van der Waals surface area contributed by atoms with Crippen LogP contribution in [0.25, 0.3) is 0 Å². The van der Waals surface area contributed by atoms with Gasteiger partial charge in [-0.1, -0.05) is 0 Å². The first-order chi connectivity index (χ1) is 5.08. The lowest BCUT2D eigenvalue weighted by molar-refractivity contribution is 0.299. The van der Waals surface area contributed by atoms with Crippen LogP contribution >= 0.6 is 12.6 Å². The van der Waals surface area contributed by atoms with Crippen molar-refractivity contribution < 1.29 is 0 Å². The van der Waals surface area contributed by atoms with Crippen LogP contribution in [0.5, 0.6) is 0 Å². The van der Waals surface area contributed by atoms with Crippen LogP contribution in [0.15, 0.2) is 5.16 Å². The topological polar surface area (TPSA) is 69.6 Å². The van der Waals surface area contributed by atoms with E-state index in [0.29, 0.717) is 11.7 Å². The van der Waals surface area contributed by atoms with E-state index in [9.17, 15) is 0 Å². The molecule has 62 valence electrons. The van der Waals surface area contributed by atoms with Gasteiger partial charge in [-0.25, -0.2) is 4.68 Å². The highest BCUT2D eigenvalue weighted by Gasteiger charge is 2.21. The number of rotatable bonds is 2. The van der Waals surface area contributed by atoms with E-state index in [-0.39, 0.29) is 5.54 Å². The van der Waals surface area contributed by atoms with E-state index >= 15 is 0 Å². The zero-order valence-electron chi connectivity index (χ0n) is 6.52. The molecular formula is C5H11N5S. The van der Waals surface area contributed by atoms with Crippen molar-refractivity contribution in [2.45, 2.75) is 24.5 Å². The summed E-state index contributed by atoms with van der Waals surface area (Å²) in [4.78, 5) is 0. The molecule has 0 unspecified atom stereocenters. The molecule has 0 atom stereocenters. The minimum atomic E-state index is -0.263. The van der Waals surface area contributed by atoms with Crippen molar-refractivity contribution in [1.82, 2.24) is 20.2 Å². The molecule has 0 spiro atoms. The number of hydrogen-bond donors (Lipinski definition) is 2. The molecule has 0 saturated heterocycles. The van der Waals surface area contributed by atoms with E-state index in [4.69, 9.17) is 5.73 Å². The largest absolute Gasteiger partial charge is 0.328 e. The standard InChI is InChI=1S/C5H11N5S/c1-5(2,3-6)10-4(11)7-8-9-10/h3,6H2,1-2H3,(H,7,9,11). The van der Waals surface area contributed by atoms with Gasteiger partial charge >= 0.3 is 0 Å². The van der Waals surface area contributed by atoms with Crippen molar-refractivity contribution in [2.75, 3.05) is 6.54 Å². The zero-order valence-corrected chi connectivity index (χ0v) is 7.41. The Balaban J connectivity index is 3.00. The molecule has 1 heterocycles. The van der Waals surface area contributed by atoms with Gasteiger partial charge in [0.05, 0.1) is 5.54 Å². The van der Waals surface area contributed by atoms with E-state index in [0.717, 1.165) is 0 Å². The van der Waals surface area contributed by atoms with Crippen LogP contribution in [0.1, 0.15) is 13.8 Å². The maximum absolute atomic E-state index is 5.52. The summed E-state index contributed by atoms with van der Waals surface area (Å²) in [5, 5.41) is 11.4. The van der Waals surface area contributed by atoms with Crippen LogP contribution in [0.3, 0.4) is 0 Å². The monoisotopic (exact) mass is 173 g/mol. The minimum absolute atomic E-state index is 0.263. The second-order valence-corrected chi connectivity index (χ2v) is 3.31. The molecule has 11 heavy (non-hydrogen) atoms. The quantitative estimate of drug-likeness (QED) is 0.600. The molecule has 0 aliphatic carbocycles. The molecule has 1 aromatic rings. The van der Waals surface area contributed by atoms with Gasteiger partial charge in [0.25, 0.3) is 0 Å². The fourth-order valence-electron chi connectivity index (χ4n) is 0.661. The third-order valence-corrected chi connectivity index (χ3v) is 1.80. The van der Waals surface area contributed by atoms with Gasteiger partial charge < -0.3 is 5.73 Å². The van der Waals surface area contributed by atoms with Crippen molar-refractivity contribution in [2.24, 2.45) is 5.73 Å². The summed E-state index contributed by atoms with van der Waals surface area (Å²) in [6, 6.07) is 0. The van der Waals surface area contributed by atoms with Crippen molar-refractivity contribution in [1.29, 1.82) is 0 Å². The van der Waals surface area contributed by atoms with E-state index in [1.165, 1.54) is 0 Å². The van der Waals surface area contributed by atoms with E-state index in [1.54, 1.807) is 4.68 Å². The summed E-state index contributed by atoms with van der Waals surface area (Å²) in [6.07, 6.45) is 0. The molecule has 2 N–H and O–H groups in total. The molecule has 1 rings (SSSR count). The zero-order chi connectivity index (χ0) is 8.48. The molecule has 0 aliphatic rings. The van der Waals surface area contributed by atoms with Gasteiger partial charge in [0.2, 0.25) is 5.16 Å². The van der Waals surface area contributed by atoms with Gasteiger partial charge in [0, 0.05) is 6.54 Å². The van der Waals surface area contributed by atoms with Crippen LogP contribution in [-0.2, 0) is 5.54 Å². The summed E-state index contributed by atoms with van der Waals surface area (Å²) in [5.41, 5.74) is 5.25. The highest BCUT2D eigenvalue weighted by atomic mass is 32.1.